The SMILES string of the molecule is O=C(N[C@H]1CCCNC1)c1ccc(Br)s1. The number of halogens is 1. The highest BCUT2D eigenvalue weighted by Gasteiger charge is 2.16. The van der Waals surface area contributed by atoms with Crippen LogP contribution in [-0.2, 0) is 0 Å². The average Bonchev–Trinajstić information content (AvgIpc) is 2.66. The highest BCUT2D eigenvalue weighted by Crippen LogP contribution is 2.22. The Morgan fingerprint density at radius 2 is 2.47 bits per heavy atom. The number of carbonyl (C=O) groups excluding carboxylic acids is 1. The Morgan fingerprint density at radius 3 is 3.07 bits per heavy atom. The summed E-state index contributed by atoms with van der Waals surface area (Å²) in [5, 5.41) is 6.31. The van der Waals surface area contributed by atoms with E-state index >= 15 is 0 Å². The summed E-state index contributed by atoms with van der Waals surface area (Å²) in [6, 6.07) is 4.03. The molecule has 1 atom stereocenters. The molecule has 1 saturated heterocycles. The van der Waals surface area contributed by atoms with Crippen LogP contribution in [0.5, 0.6) is 0 Å². The second-order valence-electron chi connectivity index (χ2n) is 3.62. The average molecular weight is 289 g/mol. The molecule has 1 fully saturated rings. The number of amides is 1. The zero-order valence-corrected chi connectivity index (χ0v) is 10.7. The number of nitrogens with one attached hydrogen (secondary N) is 2. The molecule has 1 aromatic heterocycles. The Kier molecular flexibility index (Phi) is 3.77. The maximum Gasteiger partial charge on any atom is 0.261 e. The first-order valence-corrected chi connectivity index (χ1v) is 6.63. The van der Waals surface area contributed by atoms with Crippen LogP contribution >= 0.6 is 27.3 Å². The molecule has 0 bridgehead atoms. The molecule has 2 N–H and O–H groups in total. The molecule has 0 saturated carbocycles. The van der Waals surface area contributed by atoms with Crippen molar-refractivity contribution in [3.8, 4) is 0 Å². The molecule has 2 heterocycles. The Balaban J connectivity index is 1.91. The molecule has 1 amide bonds. The third-order valence-corrected chi connectivity index (χ3v) is 4.05. The molecule has 15 heavy (non-hydrogen) atoms. The molecule has 5 heteroatoms. The lowest BCUT2D eigenvalue weighted by Gasteiger charge is -2.23. The van der Waals surface area contributed by atoms with Gasteiger partial charge in [0, 0.05) is 12.6 Å². The first kappa shape index (κ1) is 11.1. The van der Waals surface area contributed by atoms with Crippen LogP contribution in [0.2, 0.25) is 0 Å². The van der Waals surface area contributed by atoms with Gasteiger partial charge in [0.2, 0.25) is 0 Å². The van der Waals surface area contributed by atoms with Crippen LogP contribution in [0.3, 0.4) is 0 Å². The zero-order chi connectivity index (χ0) is 10.7. The number of piperidine rings is 1. The van der Waals surface area contributed by atoms with Gasteiger partial charge in [-0.25, -0.2) is 0 Å². The van der Waals surface area contributed by atoms with Crippen molar-refractivity contribution < 1.29 is 4.79 Å². The van der Waals surface area contributed by atoms with Gasteiger partial charge in [-0.3, -0.25) is 4.79 Å². The van der Waals surface area contributed by atoms with Crippen molar-refractivity contribution in [2.24, 2.45) is 0 Å². The summed E-state index contributed by atoms with van der Waals surface area (Å²) in [5.74, 6) is 0.0411. The lowest BCUT2D eigenvalue weighted by Crippen LogP contribution is -2.45. The maximum absolute atomic E-state index is 11.8. The monoisotopic (exact) mass is 288 g/mol. The van der Waals surface area contributed by atoms with Gasteiger partial charge in [-0.05, 0) is 47.4 Å². The molecule has 1 aliphatic heterocycles. The summed E-state index contributed by atoms with van der Waals surface area (Å²) in [7, 11) is 0. The molecule has 0 aromatic carbocycles. The van der Waals surface area contributed by atoms with Gasteiger partial charge in [0.1, 0.15) is 0 Å². The fourth-order valence-corrected chi connectivity index (χ4v) is 2.96. The van der Waals surface area contributed by atoms with Gasteiger partial charge in [-0.1, -0.05) is 0 Å². The minimum absolute atomic E-state index is 0.0411. The Bertz CT molecular complexity index is 347. The van der Waals surface area contributed by atoms with Crippen molar-refractivity contribution in [1.82, 2.24) is 10.6 Å². The highest BCUT2D eigenvalue weighted by atomic mass is 79.9. The van der Waals surface area contributed by atoms with Crippen LogP contribution in [0.1, 0.15) is 22.5 Å². The molecule has 0 spiro atoms. The first-order valence-electron chi connectivity index (χ1n) is 5.02. The number of thiophene rings is 1. The van der Waals surface area contributed by atoms with Gasteiger partial charge >= 0.3 is 0 Å². The lowest BCUT2D eigenvalue weighted by molar-refractivity contribution is 0.0935. The van der Waals surface area contributed by atoms with E-state index in [4.69, 9.17) is 0 Å². The quantitative estimate of drug-likeness (QED) is 0.874. The van der Waals surface area contributed by atoms with Gasteiger partial charge in [-0.2, -0.15) is 0 Å². The molecule has 0 aliphatic carbocycles. The molecule has 1 aliphatic rings. The Morgan fingerprint density at radius 1 is 1.60 bits per heavy atom. The van der Waals surface area contributed by atoms with E-state index in [-0.39, 0.29) is 11.9 Å². The van der Waals surface area contributed by atoms with Crippen LogP contribution in [0.4, 0.5) is 0 Å². The summed E-state index contributed by atoms with van der Waals surface area (Å²) in [6.07, 6.45) is 2.21. The maximum atomic E-state index is 11.8. The van der Waals surface area contributed by atoms with Crippen LogP contribution in [0.15, 0.2) is 15.9 Å². The zero-order valence-electron chi connectivity index (χ0n) is 8.25. The number of rotatable bonds is 2. The fourth-order valence-electron chi connectivity index (χ4n) is 1.67. The third-order valence-electron chi connectivity index (χ3n) is 2.43. The van der Waals surface area contributed by atoms with Crippen molar-refractivity contribution in [3.63, 3.8) is 0 Å². The van der Waals surface area contributed by atoms with Gasteiger partial charge in [0.25, 0.3) is 5.91 Å². The van der Waals surface area contributed by atoms with Gasteiger partial charge < -0.3 is 10.6 Å². The summed E-state index contributed by atoms with van der Waals surface area (Å²) in [5.41, 5.74) is 0. The summed E-state index contributed by atoms with van der Waals surface area (Å²) in [4.78, 5) is 12.5. The summed E-state index contributed by atoms with van der Waals surface area (Å²) < 4.78 is 0.995. The summed E-state index contributed by atoms with van der Waals surface area (Å²) in [6.45, 7) is 1.95. The van der Waals surface area contributed by atoms with Crippen LogP contribution in [0, 0.1) is 0 Å². The fraction of sp³-hybridized carbons (Fsp3) is 0.500. The van der Waals surface area contributed by atoms with Crippen molar-refractivity contribution in [2.45, 2.75) is 18.9 Å². The largest absolute Gasteiger partial charge is 0.347 e. The van der Waals surface area contributed by atoms with Gasteiger partial charge in [0.05, 0.1) is 8.66 Å². The molecule has 3 nitrogen and oxygen atoms in total. The molecule has 1 aromatic rings. The standard InChI is InChI=1S/C10H13BrN2OS/c11-9-4-3-8(15-9)10(14)13-7-2-1-5-12-6-7/h3-4,7,12H,1-2,5-6H2,(H,13,14)/t7-/m0/s1. The second-order valence-corrected chi connectivity index (χ2v) is 6.08. The molecular weight excluding hydrogens is 276 g/mol. The highest BCUT2D eigenvalue weighted by molar-refractivity contribution is 9.11. The molecule has 2 rings (SSSR count). The molecule has 0 unspecified atom stereocenters. The van der Waals surface area contributed by atoms with Crippen LogP contribution < -0.4 is 10.6 Å². The predicted molar refractivity (Wildman–Crippen MR) is 65.4 cm³/mol. The normalized spacial score (nSPS) is 21.3. The van der Waals surface area contributed by atoms with E-state index < -0.39 is 0 Å². The topological polar surface area (TPSA) is 41.1 Å². The first-order chi connectivity index (χ1) is 7.25. The minimum Gasteiger partial charge on any atom is -0.347 e. The second kappa shape index (κ2) is 5.09. The van der Waals surface area contributed by atoms with Gasteiger partial charge in [0.15, 0.2) is 0 Å². The molecule has 82 valence electrons. The Hall–Kier alpha value is -0.390. The van der Waals surface area contributed by atoms with Crippen LogP contribution in [0.25, 0.3) is 0 Å². The summed E-state index contributed by atoms with van der Waals surface area (Å²) >= 11 is 4.82. The van der Waals surface area contributed by atoms with Crippen molar-refractivity contribution in [2.75, 3.05) is 13.1 Å². The van der Waals surface area contributed by atoms with E-state index in [1.54, 1.807) is 0 Å². The van der Waals surface area contributed by atoms with Crippen molar-refractivity contribution in [3.05, 3.63) is 20.8 Å². The molecule has 0 radical (unpaired) electrons. The minimum atomic E-state index is 0.0411. The van der Waals surface area contributed by atoms with Crippen molar-refractivity contribution >= 4 is 33.2 Å². The third kappa shape index (κ3) is 3.03. The number of carbonyl (C=O) groups is 1. The van der Waals surface area contributed by atoms with E-state index in [2.05, 4.69) is 26.6 Å². The predicted octanol–water partition coefficient (Wildman–Crippen LogP) is 1.99. The Labute approximate surface area is 101 Å². The molecular formula is C10H13BrN2OS. The van der Waals surface area contributed by atoms with Gasteiger partial charge in [-0.15, -0.1) is 11.3 Å². The van der Waals surface area contributed by atoms with E-state index in [0.29, 0.717) is 0 Å². The van der Waals surface area contributed by atoms with E-state index in [1.165, 1.54) is 11.3 Å². The van der Waals surface area contributed by atoms with E-state index in [1.807, 2.05) is 12.1 Å². The number of hydrogen-bond donors (Lipinski definition) is 2. The van der Waals surface area contributed by atoms with Crippen molar-refractivity contribution in [1.29, 1.82) is 0 Å². The van der Waals surface area contributed by atoms with Crippen LogP contribution in [-0.4, -0.2) is 25.0 Å². The smallest absolute Gasteiger partial charge is 0.261 e. The lowest BCUT2D eigenvalue weighted by atomic mass is 10.1. The van der Waals surface area contributed by atoms with E-state index in [0.717, 1.165) is 34.6 Å². The number of hydrogen-bond acceptors (Lipinski definition) is 3. The van der Waals surface area contributed by atoms with E-state index in [9.17, 15) is 4.79 Å².